The summed E-state index contributed by atoms with van der Waals surface area (Å²) in [6.45, 7) is 2.21. The van der Waals surface area contributed by atoms with Crippen LogP contribution in [0.15, 0.2) is 142 Å². The standard InChI is InChI=1S/C37H31B3O/c1-23(38)34(39)35(40)31-22-37(25-10-3-2-4-11-25,32-16-7-5-12-28(31)32)26-20-18-24(19-21-26)27-14-9-15-30-29-13-6-8-17-33(29)41-36(27)30/h2-21H,22,38-40H2,1H3/b34-23-,35-31-. The molecule has 0 saturated heterocycles. The molecule has 41 heavy (non-hydrogen) atoms. The van der Waals surface area contributed by atoms with E-state index in [2.05, 4.69) is 140 Å². The SMILES string of the molecule is B/C(C)=C(B)/C(B)=C1\CC(c2ccccc2)(c2ccc(-c3cccc4c3oc3ccccc34)cc2)c2ccccc21. The van der Waals surface area contributed by atoms with Gasteiger partial charge in [-0.05, 0) is 45.9 Å². The van der Waals surface area contributed by atoms with Gasteiger partial charge in [0.25, 0.3) is 0 Å². The highest BCUT2D eigenvalue weighted by atomic mass is 16.3. The van der Waals surface area contributed by atoms with Crippen LogP contribution in [-0.2, 0) is 5.41 Å². The van der Waals surface area contributed by atoms with Crippen molar-refractivity contribution in [3.8, 4) is 11.1 Å². The van der Waals surface area contributed by atoms with E-state index in [1.165, 1.54) is 49.8 Å². The number of rotatable bonds is 4. The second-order valence-electron chi connectivity index (χ2n) is 11.6. The average molecular weight is 524 g/mol. The molecule has 4 heteroatoms. The molecular weight excluding hydrogens is 493 g/mol. The van der Waals surface area contributed by atoms with Crippen LogP contribution in [0.3, 0.4) is 0 Å². The summed E-state index contributed by atoms with van der Waals surface area (Å²) in [6, 6.07) is 44.1. The van der Waals surface area contributed by atoms with Crippen LogP contribution in [0.5, 0.6) is 0 Å². The Kier molecular flexibility index (Phi) is 6.16. The molecule has 7 rings (SSSR count). The van der Waals surface area contributed by atoms with E-state index in [1.54, 1.807) is 0 Å². The van der Waals surface area contributed by atoms with E-state index >= 15 is 0 Å². The number of hydrogen-bond acceptors (Lipinski definition) is 1. The van der Waals surface area contributed by atoms with Crippen LogP contribution in [-0.4, -0.2) is 23.5 Å². The zero-order chi connectivity index (χ0) is 28.1. The Morgan fingerprint density at radius 2 is 1.27 bits per heavy atom. The molecule has 0 amide bonds. The molecule has 0 aliphatic heterocycles. The molecule has 1 nitrogen and oxygen atoms in total. The van der Waals surface area contributed by atoms with E-state index in [4.69, 9.17) is 4.42 Å². The van der Waals surface area contributed by atoms with Gasteiger partial charge in [0.1, 0.15) is 34.7 Å². The number of fused-ring (bicyclic) bond motifs is 4. The van der Waals surface area contributed by atoms with E-state index in [-0.39, 0.29) is 5.41 Å². The first-order valence-corrected chi connectivity index (χ1v) is 14.5. The van der Waals surface area contributed by atoms with Crippen LogP contribution in [0.1, 0.15) is 35.6 Å². The first-order chi connectivity index (χ1) is 20.0. The molecule has 0 N–H and O–H groups in total. The molecule has 1 unspecified atom stereocenters. The van der Waals surface area contributed by atoms with Gasteiger partial charge in [-0.1, -0.05) is 128 Å². The van der Waals surface area contributed by atoms with Gasteiger partial charge in [-0.2, -0.15) is 0 Å². The highest BCUT2D eigenvalue weighted by Crippen LogP contribution is 2.54. The third kappa shape index (κ3) is 3.96. The number of hydrogen-bond donors (Lipinski definition) is 0. The second-order valence-corrected chi connectivity index (χ2v) is 11.6. The van der Waals surface area contributed by atoms with Crippen molar-refractivity contribution in [2.24, 2.45) is 0 Å². The maximum Gasteiger partial charge on any atom is 0.143 e. The van der Waals surface area contributed by atoms with Gasteiger partial charge in [-0.15, -0.1) is 10.9 Å². The number of para-hydroxylation sites is 2. The van der Waals surface area contributed by atoms with Crippen LogP contribution in [0.25, 0.3) is 38.6 Å². The minimum Gasteiger partial charge on any atom is -0.455 e. The molecule has 1 aliphatic carbocycles. The minimum absolute atomic E-state index is 0.264. The third-order valence-corrected chi connectivity index (χ3v) is 9.28. The van der Waals surface area contributed by atoms with Crippen molar-refractivity contribution in [3.05, 3.63) is 160 Å². The predicted molar refractivity (Wildman–Crippen MR) is 182 cm³/mol. The smallest absolute Gasteiger partial charge is 0.143 e. The zero-order valence-corrected chi connectivity index (χ0v) is 24.2. The molecule has 0 bridgehead atoms. The molecule has 0 spiro atoms. The largest absolute Gasteiger partial charge is 0.455 e. The molecule has 1 heterocycles. The molecule has 0 radical (unpaired) electrons. The Morgan fingerprint density at radius 3 is 2.05 bits per heavy atom. The summed E-state index contributed by atoms with van der Waals surface area (Å²) >= 11 is 0. The van der Waals surface area contributed by atoms with Gasteiger partial charge in [0.2, 0.25) is 0 Å². The van der Waals surface area contributed by atoms with Gasteiger partial charge in [0, 0.05) is 21.8 Å². The van der Waals surface area contributed by atoms with Crippen LogP contribution < -0.4 is 0 Å². The second kappa shape index (κ2) is 9.89. The highest BCUT2D eigenvalue weighted by molar-refractivity contribution is 6.42. The molecular formula is C37H31B3O. The lowest BCUT2D eigenvalue weighted by atomic mass is 9.67. The zero-order valence-electron chi connectivity index (χ0n) is 24.2. The molecule has 6 aromatic rings. The van der Waals surface area contributed by atoms with Crippen LogP contribution in [0.4, 0.5) is 0 Å². The van der Waals surface area contributed by atoms with Gasteiger partial charge in [-0.25, -0.2) is 0 Å². The quantitative estimate of drug-likeness (QED) is 0.231. The lowest BCUT2D eigenvalue weighted by Gasteiger charge is -2.32. The van der Waals surface area contributed by atoms with Gasteiger partial charge in [0.15, 0.2) is 0 Å². The molecule has 194 valence electrons. The van der Waals surface area contributed by atoms with Crippen molar-refractivity contribution in [1.29, 1.82) is 0 Å². The fraction of sp³-hybridized carbons (Fsp3) is 0.0811. The van der Waals surface area contributed by atoms with E-state index in [0.29, 0.717) is 0 Å². The lowest BCUT2D eigenvalue weighted by molar-refractivity contribution is 0.661. The Bertz CT molecular complexity index is 1990. The van der Waals surface area contributed by atoms with Crippen molar-refractivity contribution >= 4 is 51.1 Å². The average Bonchev–Trinajstić information content (AvgIpc) is 3.58. The fourth-order valence-electron chi connectivity index (χ4n) is 6.82. The summed E-state index contributed by atoms with van der Waals surface area (Å²) in [4.78, 5) is 0. The van der Waals surface area contributed by atoms with Crippen molar-refractivity contribution in [1.82, 2.24) is 0 Å². The topological polar surface area (TPSA) is 13.1 Å². The maximum absolute atomic E-state index is 6.38. The van der Waals surface area contributed by atoms with Crippen molar-refractivity contribution < 1.29 is 4.42 Å². The predicted octanol–water partition coefficient (Wildman–Crippen LogP) is 6.83. The maximum atomic E-state index is 6.38. The number of allylic oxidation sites excluding steroid dienone is 4. The first-order valence-electron chi connectivity index (χ1n) is 14.5. The van der Waals surface area contributed by atoms with E-state index < -0.39 is 0 Å². The Hall–Kier alpha value is -4.43. The monoisotopic (exact) mass is 524 g/mol. The van der Waals surface area contributed by atoms with E-state index in [0.717, 1.165) is 33.9 Å². The summed E-state index contributed by atoms with van der Waals surface area (Å²) < 4.78 is 6.38. The molecule has 5 aromatic carbocycles. The highest BCUT2D eigenvalue weighted by Gasteiger charge is 2.44. The van der Waals surface area contributed by atoms with Crippen LogP contribution in [0.2, 0.25) is 0 Å². The first kappa shape index (κ1) is 25.5. The summed E-state index contributed by atoms with van der Waals surface area (Å²) in [7, 11) is 6.77. The van der Waals surface area contributed by atoms with Crippen LogP contribution in [0, 0.1) is 0 Å². The Morgan fingerprint density at radius 1 is 0.634 bits per heavy atom. The molecule has 1 aromatic heterocycles. The summed E-state index contributed by atoms with van der Waals surface area (Å²) in [5, 5.41) is 2.32. The summed E-state index contributed by atoms with van der Waals surface area (Å²) in [5.74, 6) is 0. The van der Waals surface area contributed by atoms with E-state index in [9.17, 15) is 0 Å². The van der Waals surface area contributed by atoms with Gasteiger partial charge in [0.05, 0.1) is 0 Å². The van der Waals surface area contributed by atoms with Crippen molar-refractivity contribution in [2.45, 2.75) is 18.8 Å². The molecule has 0 saturated carbocycles. The number of furan rings is 1. The summed E-state index contributed by atoms with van der Waals surface area (Å²) in [5.41, 5.74) is 14.9. The molecule has 0 fully saturated rings. The lowest BCUT2D eigenvalue weighted by Crippen LogP contribution is -2.26. The summed E-state index contributed by atoms with van der Waals surface area (Å²) in [6.07, 6.45) is 0.936. The third-order valence-electron chi connectivity index (χ3n) is 9.28. The Labute approximate surface area is 244 Å². The normalized spacial score (nSPS) is 18.4. The minimum atomic E-state index is -0.264. The number of benzene rings is 5. The van der Waals surface area contributed by atoms with Crippen molar-refractivity contribution in [3.63, 3.8) is 0 Å². The van der Waals surface area contributed by atoms with Crippen LogP contribution >= 0.6 is 0 Å². The van der Waals surface area contributed by atoms with E-state index in [1.807, 2.05) is 12.1 Å². The molecule has 1 aliphatic rings. The van der Waals surface area contributed by atoms with Gasteiger partial charge in [-0.3, -0.25) is 0 Å². The Balaban J connectivity index is 1.43. The van der Waals surface area contributed by atoms with Gasteiger partial charge < -0.3 is 4.42 Å². The fourth-order valence-corrected chi connectivity index (χ4v) is 6.82. The van der Waals surface area contributed by atoms with Crippen molar-refractivity contribution in [2.75, 3.05) is 0 Å². The van der Waals surface area contributed by atoms with Gasteiger partial charge >= 0.3 is 0 Å². The molecule has 1 atom stereocenters.